The van der Waals surface area contributed by atoms with Crippen molar-refractivity contribution in [1.29, 1.82) is 0 Å². The summed E-state index contributed by atoms with van der Waals surface area (Å²) in [6.07, 6.45) is 8.78. The Balaban J connectivity index is 1.16. The van der Waals surface area contributed by atoms with Crippen LogP contribution in [0.15, 0.2) is 0 Å². The average Bonchev–Trinajstić information content (AvgIpc) is 2.39. The van der Waals surface area contributed by atoms with Gasteiger partial charge in [0.15, 0.2) is 0 Å². The summed E-state index contributed by atoms with van der Waals surface area (Å²) in [6, 6.07) is 0. The van der Waals surface area contributed by atoms with Gasteiger partial charge in [-0.05, 0) is 44.4 Å². The summed E-state index contributed by atoms with van der Waals surface area (Å²) in [7, 11) is 0. The van der Waals surface area contributed by atoms with Crippen LogP contribution in [0.2, 0.25) is 0 Å². The van der Waals surface area contributed by atoms with Crippen molar-refractivity contribution in [2.24, 2.45) is 17.8 Å². The van der Waals surface area contributed by atoms with E-state index in [1.807, 2.05) is 4.90 Å². The summed E-state index contributed by atoms with van der Waals surface area (Å²) in [6.45, 7) is 3.03. The van der Waals surface area contributed by atoms with Crippen molar-refractivity contribution in [3.05, 3.63) is 0 Å². The molecular formula is C18H28N2O3. The van der Waals surface area contributed by atoms with Crippen LogP contribution in [0.4, 0.5) is 0 Å². The molecule has 0 aromatic carbocycles. The fourth-order valence-corrected chi connectivity index (χ4v) is 4.11. The first kappa shape index (κ1) is 15.4. The monoisotopic (exact) mass is 320 g/mol. The number of ether oxygens (including phenoxy) is 1. The first-order chi connectivity index (χ1) is 11.2. The molecule has 4 rings (SSSR count). The molecule has 4 fully saturated rings. The Hall–Kier alpha value is -1.10. The zero-order valence-electron chi connectivity index (χ0n) is 13.9. The zero-order valence-corrected chi connectivity index (χ0v) is 13.9. The van der Waals surface area contributed by atoms with E-state index in [1.54, 1.807) is 0 Å². The van der Waals surface area contributed by atoms with E-state index >= 15 is 0 Å². The molecule has 5 nitrogen and oxygen atoms in total. The average molecular weight is 320 g/mol. The highest BCUT2D eigenvalue weighted by Crippen LogP contribution is 2.38. The molecule has 5 heteroatoms. The predicted octanol–water partition coefficient (Wildman–Crippen LogP) is 1.71. The maximum atomic E-state index is 12.2. The first-order valence-corrected chi connectivity index (χ1v) is 9.36. The molecule has 1 atom stereocenters. The normalized spacial score (nSPS) is 30.3. The smallest absolute Gasteiger partial charge is 0.225 e. The highest BCUT2D eigenvalue weighted by Gasteiger charge is 2.49. The number of hydrogen-bond donors (Lipinski definition) is 1. The minimum absolute atomic E-state index is 0.0755. The van der Waals surface area contributed by atoms with Crippen LogP contribution in [0.3, 0.4) is 0 Å². The molecule has 0 aromatic rings. The topological polar surface area (TPSA) is 58.6 Å². The molecule has 2 aliphatic carbocycles. The third-order valence-corrected chi connectivity index (χ3v) is 6.40. The van der Waals surface area contributed by atoms with E-state index in [4.69, 9.17) is 4.74 Å². The molecule has 0 bridgehead atoms. The van der Waals surface area contributed by atoms with Gasteiger partial charge in [-0.3, -0.25) is 9.59 Å². The van der Waals surface area contributed by atoms with Gasteiger partial charge in [-0.25, -0.2) is 0 Å². The molecule has 2 aliphatic heterocycles. The van der Waals surface area contributed by atoms with Crippen molar-refractivity contribution in [2.45, 2.75) is 57.0 Å². The number of carbonyl (C=O) groups excluding carboxylic acids is 2. The SMILES string of the molecule is O=C(NCC1CCC2(CN(C(=O)C3CCC3)C2)OC1)C1CCC1. The molecule has 1 spiro atoms. The van der Waals surface area contributed by atoms with E-state index in [0.717, 1.165) is 64.8 Å². The van der Waals surface area contributed by atoms with E-state index < -0.39 is 0 Å². The first-order valence-electron chi connectivity index (χ1n) is 9.36. The van der Waals surface area contributed by atoms with Gasteiger partial charge >= 0.3 is 0 Å². The van der Waals surface area contributed by atoms with Crippen molar-refractivity contribution in [3.8, 4) is 0 Å². The lowest BCUT2D eigenvalue weighted by molar-refractivity contribution is -0.192. The second kappa shape index (κ2) is 6.08. The number of nitrogens with zero attached hydrogens (tertiary/aromatic N) is 1. The van der Waals surface area contributed by atoms with E-state index in [2.05, 4.69) is 5.32 Å². The van der Waals surface area contributed by atoms with Crippen molar-refractivity contribution in [3.63, 3.8) is 0 Å². The zero-order chi connectivity index (χ0) is 15.9. The van der Waals surface area contributed by atoms with Gasteiger partial charge in [-0.15, -0.1) is 0 Å². The fourth-order valence-electron chi connectivity index (χ4n) is 4.11. The number of amides is 2. The predicted molar refractivity (Wildman–Crippen MR) is 85.7 cm³/mol. The van der Waals surface area contributed by atoms with Gasteiger partial charge in [0.2, 0.25) is 11.8 Å². The Morgan fingerprint density at radius 1 is 1.04 bits per heavy atom. The minimum Gasteiger partial charge on any atom is -0.371 e. The van der Waals surface area contributed by atoms with Crippen LogP contribution in [-0.4, -0.2) is 48.6 Å². The lowest BCUT2D eigenvalue weighted by Gasteiger charge is -2.54. The summed E-state index contributed by atoms with van der Waals surface area (Å²) in [5.41, 5.74) is -0.0755. The molecule has 2 saturated carbocycles. The van der Waals surface area contributed by atoms with Gasteiger partial charge in [-0.1, -0.05) is 12.8 Å². The lowest BCUT2D eigenvalue weighted by Crippen LogP contribution is -2.67. The lowest BCUT2D eigenvalue weighted by atomic mass is 9.79. The number of carbonyl (C=O) groups is 2. The number of likely N-dealkylation sites (tertiary alicyclic amines) is 1. The van der Waals surface area contributed by atoms with Crippen molar-refractivity contribution >= 4 is 11.8 Å². The highest BCUT2D eigenvalue weighted by atomic mass is 16.5. The van der Waals surface area contributed by atoms with Crippen LogP contribution >= 0.6 is 0 Å². The Morgan fingerprint density at radius 2 is 1.74 bits per heavy atom. The van der Waals surface area contributed by atoms with E-state index in [1.165, 1.54) is 12.8 Å². The Bertz CT molecular complexity index is 469. The molecule has 1 unspecified atom stereocenters. The molecule has 128 valence electrons. The number of nitrogens with one attached hydrogen (secondary N) is 1. The maximum absolute atomic E-state index is 12.2. The number of rotatable bonds is 4. The van der Waals surface area contributed by atoms with Gasteiger partial charge in [0.05, 0.1) is 19.7 Å². The van der Waals surface area contributed by atoms with Crippen LogP contribution in [0.5, 0.6) is 0 Å². The third kappa shape index (κ3) is 3.00. The molecule has 23 heavy (non-hydrogen) atoms. The Kier molecular flexibility index (Phi) is 4.08. The standard InChI is InChI=1S/C18H28N2O3/c21-16(14-3-1-4-14)19-9-13-7-8-18(23-10-13)11-20(12-18)17(22)15-5-2-6-15/h13-15H,1-12H2,(H,19,21). The van der Waals surface area contributed by atoms with Gasteiger partial charge in [0.25, 0.3) is 0 Å². The summed E-state index contributed by atoms with van der Waals surface area (Å²) >= 11 is 0. The van der Waals surface area contributed by atoms with Crippen LogP contribution < -0.4 is 5.32 Å². The fraction of sp³-hybridized carbons (Fsp3) is 0.889. The van der Waals surface area contributed by atoms with Crippen molar-refractivity contribution in [1.82, 2.24) is 10.2 Å². The van der Waals surface area contributed by atoms with Crippen molar-refractivity contribution < 1.29 is 14.3 Å². The number of hydrogen-bond acceptors (Lipinski definition) is 3. The van der Waals surface area contributed by atoms with Gasteiger partial charge in [0.1, 0.15) is 5.60 Å². The quantitative estimate of drug-likeness (QED) is 0.858. The van der Waals surface area contributed by atoms with Gasteiger partial charge in [0, 0.05) is 18.4 Å². The Labute approximate surface area is 138 Å². The second-order valence-corrected chi connectivity index (χ2v) is 8.09. The van der Waals surface area contributed by atoms with Crippen molar-refractivity contribution in [2.75, 3.05) is 26.2 Å². The van der Waals surface area contributed by atoms with E-state index in [0.29, 0.717) is 17.7 Å². The molecule has 2 saturated heterocycles. The molecule has 2 amide bonds. The third-order valence-electron chi connectivity index (χ3n) is 6.40. The minimum atomic E-state index is -0.0755. The van der Waals surface area contributed by atoms with E-state index in [-0.39, 0.29) is 17.4 Å². The summed E-state index contributed by atoms with van der Waals surface area (Å²) in [5, 5.41) is 3.09. The molecule has 4 aliphatic rings. The molecule has 1 N–H and O–H groups in total. The summed E-state index contributed by atoms with van der Waals surface area (Å²) in [4.78, 5) is 26.1. The summed E-state index contributed by atoms with van der Waals surface area (Å²) in [5.74, 6) is 1.58. The highest BCUT2D eigenvalue weighted by molar-refractivity contribution is 5.80. The van der Waals surface area contributed by atoms with Crippen LogP contribution in [0.1, 0.15) is 51.4 Å². The second-order valence-electron chi connectivity index (χ2n) is 8.09. The molecule has 0 radical (unpaired) electrons. The van der Waals surface area contributed by atoms with Crippen LogP contribution in [0.25, 0.3) is 0 Å². The summed E-state index contributed by atoms with van der Waals surface area (Å²) < 4.78 is 6.11. The largest absolute Gasteiger partial charge is 0.371 e. The molecule has 2 heterocycles. The van der Waals surface area contributed by atoms with Gasteiger partial charge < -0.3 is 15.0 Å². The maximum Gasteiger partial charge on any atom is 0.225 e. The molecular weight excluding hydrogens is 292 g/mol. The molecule has 0 aromatic heterocycles. The van der Waals surface area contributed by atoms with Crippen LogP contribution in [-0.2, 0) is 14.3 Å². The van der Waals surface area contributed by atoms with Crippen LogP contribution in [0, 0.1) is 17.8 Å². The van der Waals surface area contributed by atoms with Gasteiger partial charge in [-0.2, -0.15) is 0 Å². The Morgan fingerprint density at radius 3 is 2.26 bits per heavy atom. The van der Waals surface area contributed by atoms with E-state index in [9.17, 15) is 9.59 Å².